The number of rotatable bonds is 2. The van der Waals surface area contributed by atoms with Crippen LogP contribution < -0.4 is 4.74 Å². The topological polar surface area (TPSA) is 9.23 Å². The lowest BCUT2D eigenvalue weighted by atomic mass is 10.1. The van der Waals surface area contributed by atoms with E-state index in [-0.39, 0.29) is 10.6 Å². The van der Waals surface area contributed by atoms with Crippen LogP contribution in [0.15, 0.2) is 18.2 Å². The van der Waals surface area contributed by atoms with Crippen LogP contribution in [0.5, 0.6) is 5.75 Å². The van der Waals surface area contributed by atoms with Crippen molar-refractivity contribution in [3.8, 4) is 5.75 Å². The van der Waals surface area contributed by atoms with Crippen LogP contribution >= 0.6 is 15.9 Å². The molecular formula is C9H10BrFO. The summed E-state index contributed by atoms with van der Waals surface area (Å²) in [6.45, 7) is 1.87. The lowest BCUT2D eigenvalue weighted by Gasteiger charge is -2.08. The van der Waals surface area contributed by atoms with Crippen molar-refractivity contribution in [1.82, 2.24) is 0 Å². The monoisotopic (exact) mass is 232 g/mol. The van der Waals surface area contributed by atoms with Gasteiger partial charge in [-0.15, -0.1) is 0 Å². The van der Waals surface area contributed by atoms with Crippen LogP contribution in [0.25, 0.3) is 0 Å². The molecule has 1 unspecified atom stereocenters. The van der Waals surface area contributed by atoms with Gasteiger partial charge in [0.25, 0.3) is 0 Å². The first-order valence-corrected chi connectivity index (χ1v) is 4.55. The number of ether oxygens (including phenoxy) is 1. The van der Waals surface area contributed by atoms with Crippen LogP contribution in [0.1, 0.15) is 17.3 Å². The van der Waals surface area contributed by atoms with Crippen molar-refractivity contribution in [2.75, 3.05) is 7.11 Å². The highest BCUT2D eigenvalue weighted by Crippen LogP contribution is 2.29. The molecule has 12 heavy (non-hydrogen) atoms. The fourth-order valence-corrected chi connectivity index (χ4v) is 1.35. The molecule has 0 aliphatic rings. The number of methoxy groups -OCH3 is 1. The maximum absolute atomic E-state index is 13.4. The van der Waals surface area contributed by atoms with Gasteiger partial charge >= 0.3 is 0 Å². The first-order chi connectivity index (χ1) is 5.66. The van der Waals surface area contributed by atoms with Gasteiger partial charge in [-0.1, -0.05) is 28.1 Å². The molecule has 66 valence electrons. The second kappa shape index (κ2) is 3.90. The Hall–Kier alpha value is -0.570. The Morgan fingerprint density at radius 3 is 2.67 bits per heavy atom. The fourth-order valence-electron chi connectivity index (χ4n) is 0.993. The highest BCUT2D eigenvalue weighted by Gasteiger charge is 2.11. The van der Waals surface area contributed by atoms with Crippen LogP contribution in [-0.4, -0.2) is 7.11 Å². The van der Waals surface area contributed by atoms with E-state index in [9.17, 15) is 4.39 Å². The van der Waals surface area contributed by atoms with E-state index in [0.29, 0.717) is 11.3 Å². The van der Waals surface area contributed by atoms with Gasteiger partial charge in [-0.05, 0) is 13.0 Å². The predicted octanol–water partition coefficient (Wildman–Crippen LogP) is 3.29. The smallest absolute Gasteiger partial charge is 0.169 e. The Morgan fingerprint density at radius 1 is 1.50 bits per heavy atom. The van der Waals surface area contributed by atoms with Crippen molar-refractivity contribution >= 4 is 15.9 Å². The van der Waals surface area contributed by atoms with Gasteiger partial charge in [-0.25, -0.2) is 4.39 Å². The zero-order valence-corrected chi connectivity index (χ0v) is 8.56. The number of alkyl halides is 1. The second-order valence-corrected chi connectivity index (χ2v) is 3.85. The first-order valence-electron chi connectivity index (χ1n) is 3.63. The summed E-state index contributed by atoms with van der Waals surface area (Å²) in [5.41, 5.74) is 0.620. The van der Waals surface area contributed by atoms with Gasteiger partial charge < -0.3 is 4.74 Å². The molecule has 0 aliphatic carbocycles. The summed E-state index contributed by atoms with van der Waals surface area (Å²) in [4.78, 5) is 0.00704. The van der Waals surface area contributed by atoms with Gasteiger partial charge in [-0.2, -0.15) is 0 Å². The maximum atomic E-state index is 13.4. The van der Waals surface area contributed by atoms with Gasteiger partial charge in [0.15, 0.2) is 11.6 Å². The highest BCUT2D eigenvalue weighted by molar-refractivity contribution is 9.09. The molecule has 0 bridgehead atoms. The van der Waals surface area contributed by atoms with Crippen LogP contribution in [0.2, 0.25) is 0 Å². The molecule has 0 heterocycles. The van der Waals surface area contributed by atoms with Crippen molar-refractivity contribution in [3.05, 3.63) is 29.6 Å². The molecule has 0 saturated carbocycles. The lowest BCUT2D eigenvalue weighted by molar-refractivity contribution is 0.384. The number of benzene rings is 1. The molecule has 1 aromatic carbocycles. The third-order valence-corrected chi connectivity index (χ3v) is 2.13. The molecule has 0 spiro atoms. The van der Waals surface area contributed by atoms with Crippen molar-refractivity contribution in [2.45, 2.75) is 11.8 Å². The second-order valence-electron chi connectivity index (χ2n) is 2.48. The van der Waals surface area contributed by atoms with Gasteiger partial charge in [0.1, 0.15) is 0 Å². The van der Waals surface area contributed by atoms with Crippen molar-refractivity contribution in [2.24, 2.45) is 0 Å². The summed E-state index contributed by atoms with van der Waals surface area (Å²) < 4.78 is 18.2. The largest absolute Gasteiger partial charge is 0.494 e. The Kier molecular flexibility index (Phi) is 3.09. The molecule has 0 saturated heterocycles. The van der Waals surface area contributed by atoms with Gasteiger partial charge in [0.2, 0.25) is 0 Å². The Morgan fingerprint density at radius 2 is 2.17 bits per heavy atom. The summed E-state index contributed by atoms with van der Waals surface area (Å²) in [7, 11) is 1.46. The predicted molar refractivity (Wildman–Crippen MR) is 50.3 cm³/mol. The molecule has 0 N–H and O–H groups in total. The molecule has 0 radical (unpaired) electrons. The van der Waals surface area contributed by atoms with E-state index in [1.54, 1.807) is 18.2 Å². The number of halogens is 2. The molecular weight excluding hydrogens is 223 g/mol. The highest BCUT2D eigenvalue weighted by atomic mass is 79.9. The molecule has 1 nitrogen and oxygen atoms in total. The summed E-state index contributed by atoms with van der Waals surface area (Å²) in [6, 6.07) is 5.11. The molecule has 0 aromatic heterocycles. The Bertz CT molecular complexity index is 273. The van der Waals surface area contributed by atoms with Crippen LogP contribution in [0.4, 0.5) is 4.39 Å². The summed E-state index contributed by atoms with van der Waals surface area (Å²) in [5.74, 6) is 0.00294. The normalized spacial score (nSPS) is 12.7. The van der Waals surface area contributed by atoms with Crippen molar-refractivity contribution in [1.29, 1.82) is 0 Å². The minimum atomic E-state index is -0.288. The zero-order valence-electron chi connectivity index (χ0n) is 6.97. The van der Waals surface area contributed by atoms with E-state index >= 15 is 0 Å². The average molecular weight is 233 g/mol. The number of hydrogen-bond donors (Lipinski definition) is 0. The molecule has 0 aliphatic heterocycles. The zero-order chi connectivity index (χ0) is 9.14. The molecule has 1 aromatic rings. The van der Waals surface area contributed by atoms with E-state index in [2.05, 4.69) is 15.9 Å². The van der Waals surface area contributed by atoms with Gasteiger partial charge in [0.05, 0.1) is 7.11 Å². The quantitative estimate of drug-likeness (QED) is 0.712. The number of hydrogen-bond acceptors (Lipinski definition) is 1. The minimum Gasteiger partial charge on any atom is -0.494 e. The standard InChI is InChI=1S/C9H10BrFO/c1-6(10)7-4-3-5-8(12-2)9(7)11/h3-6H,1-2H3. The van der Waals surface area contributed by atoms with E-state index in [0.717, 1.165) is 0 Å². The molecule has 1 atom stereocenters. The molecule has 1 rings (SSSR count). The first kappa shape index (κ1) is 9.52. The van der Waals surface area contributed by atoms with E-state index in [4.69, 9.17) is 4.74 Å². The maximum Gasteiger partial charge on any atom is 0.169 e. The van der Waals surface area contributed by atoms with Crippen LogP contribution in [0.3, 0.4) is 0 Å². The van der Waals surface area contributed by atoms with Gasteiger partial charge in [0, 0.05) is 10.4 Å². The fraction of sp³-hybridized carbons (Fsp3) is 0.333. The van der Waals surface area contributed by atoms with E-state index in [1.165, 1.54) is 7.11 Å². The third-order valence-electron chi connectivity index (χ3n) is 1.64. The van der Waals surface area contributed by atoms with Gasteiger partial charge in [-0.3, -0.25) is 0 Å². The molecule has 0 fully saturated rings. The Labute approximate surface area is 79.7 Å². The SMILES string of the molecule is COc1cccc(C(C)Br)c1F. The third kappa shape index (κ3) is 1.78. The van der Waals surface area contributed by atoms with Crippen LogP contribution in [0, 0.1) is 5.82 Å². The van der Waals surface area contributed by atoms with Crippen molar-refractivity contribution in [3.63, 3.8) is 0 Å². The summed E-state index contributed by atoms with van der Waals surface area (Å²) in [5, 5.41) is 0. The van der Waals surface area contributed by atoms with Crippen molar-refractivity contribution < 1.29 is 9.13 Å². The minimum absolute atomic E-state index is 0.00704. The lowest BCUT2D eigenvalue weighted by Crippen LogP contribution is -1.94. The van der Waals surface area contributed by atoms with E-state index in [1.807, 2.05) is 6.92 Å². The molecule has 0 amide bonds. The van der Waals surface area contributed by atoms with E-state index < -0.39 is 0 Å². The molecule has 3 heteroatoms. The average Bonchev–Trinajstić information content (AvgIpc) is 2.04. The Balaban J connectivity index is 3.14. The van der Waals surface area contributed by atoms with Crippen LogP contribution in [-0.2, 0) is 0 Å². The summed E-state index contributed by atoms with van der Waals surface area (Å²) >= 11 is 3.30. The summed E-state index contributed by atoms with van der Waals surface area (Å²) in [6.07, 6.45) is 0.